The van der Waals surface area contributed by atoms with Crippen LogP contribution in [0.4, 0.5) is 5.82 Å². The largest absolute Gasteiger partial charge is 0.382 e. The topological polar surface area (TPSA) is 90.0 Å². The molecule has 0 spiro atoms. The molecule has 4 heterocycles. The van der Waals surface area contributed by atoms with Crippen LogP contribution < -0.4 is 5.73 Å². The summed E-state index contributed by atoms with van der Waals surface area (Å²) in [5.41, 5.74) is 9.25. The number of pyridine rings is 2. The minimum Gasteiger partial charge on any atom is -0.382 e. The number of benzene rings is 1. The summed E-state index contributed by atoms with van der Waals surface area (Å²) in [6.45, 7) is 10.9. The van der Waals surface area contributed by atoms with Gasteiger partial charge < -0.3 is 10.5 Å². The zero-order valence-electron chi connectivity index (χ0n) is 20.2. The first-order valence-electron chi connectivity index (χ1n) is 11.8. The first-order chi connectivity index (χ1) is 16.7. The van der Waals surface area contributed by atoms with Crippen molar-refractivity contribution in [2.24, 2.45) is 0 Å². The first-order valence-corrected chi connectivity index (χ1v) is 12.2. The monoisotopic (exact) mass is 480 g/mol. The van der Waals surface area contributed by atoms with Crippen molar-refractivity contribution in [2.45, 2.75) is 33.6 Å². The summed E-state index contributed by atoms with van der Waals surface area (Å²) >= 11 is 6.41. The van der Waals surface area contributed by atoms with E-state index in [9.17, 15) is 0 Å². The smallest absolute Gasteiger partial charge is 0.153 e. The van der Waals surface area contributed by atoms with Gasteiger partial charge in [0.25, 0.3) is 0 Å². The number of fused-ring (bicyclic) bond motifs is 2. The van der Waals surface area contributed by atoms with Crippen LogP contribution in [0.5, 0.6) is 0 Å². The molecule has 3 aromatic heterocycles. The number of aryl methyl sites for hydroxylation is 1. The van der Waals surface area contributed by atoms with Gasteiger partial charge in [-0.05, 0) is 36.1 Å². The fourth-order valence-electron chi connectivity index (χ4n) is 3.77. The Morgan fingerprint density at radius 3 is 2.59 bits per heavy atom. The van der Waals surface area contributed by atoms with Crippen LogP contribution in [0.1, 0.15) is 32.2 Å². The van der Waals surface area contributed by atoms with Crippen LogP contribution in [0, 0.1) is 0 Å². The number of nitrogen functional groups attached to an aromatic ring is 1. The Morgan fingerprint density at radius 2 is 1.85 bits per heavy atom. The molecule has 7 nitrogen and oxygen atoms in total. The van der Waals surface area contributed by atoms with E-state index in [4.69, 9.17) is 27.1 Å². The maximum Gasteiger partial charge on any atom is 0.153 e. The van der Waals surface area contributed by atoms with Crippen molar-refractivity contribution in [3.05, 3.63) is 65.3 Å². The summed E-state index contributed by atoms with van der Waals surface area (Å²) in [4.78, 5) is 19.1. The van der Waals surface area contributed by atoms with Crippen LogP contribution in [0.3, 0.4) is 0 Å². The summed E-state index contributed by atoms with van der Waals surface area (Å²) in [7, 11) is 0. The second-order valence-corrected chi connectivity index (χ2v) is 7.99. The molecule has 8 heteroatoms. The summed E-state index contributed by atoms with van der Waals surface area (Å²) in [6, 6.07) is 11.9. The Kier molecular flexibility index (Phi) is 9.94. The van der Waals surface area contributed by atoms with E-state index in [-0.39, 0.29) is 0 Å². The number of hydrogen-bond donors (Lipinski definition) is 1. The molecular weight excluding hydrogens is 448 g/mol. The fourth-order valence-corrected chi connectivity index (χ4v) is 4.06. The average Bonchev–Trinajstić information content (AvgIpc) is 2.89. The fraction of sp³-hybridized carbons (Fsp3) is 0.385. The molecule has 34 heavy (non-hydrogen) atoms. The molecule has 5 rings (SSSR count). The van der Waals surface area contributed by atoms with E-state index < -0.39 is 0 Å². The van der Waals surface area contributed by atoms with Crippen molar-refractivity contribution < 1.29 is 4.74 Å². The SMILES string of the molecule is CC.CCc1cc2cccc(Cl)c2c(CCN2CCOCC2)n1.Nc1ncnc2cccnc12. The lowest BCUT2D eigenvalue weighted by Crippen LogP contribution is -2.37. The van der Waals surface area contributed by atoms with Crippen molar-refractivity contribution in [3.63, 3.8) is 0 Å². The molecule has 1 fully saturated rings. The number of hydrogen-bond acceptors (Lipinski definition) is 7. The van der Waals surface area contributed by atoms with Gasteiger partial charge >= 0.3 is 0 Å². The number of aromatic nitrogens is 4. The molecule has 1 aliphatic heterocycles. The summed E-state index contributed by atoms with van der Waals surface area (Å²) in [6.07, 6.45) is 4.99. The van der Waals surface area contributed by atoms with Gasteiger partial charge in [-0.2, -0.15) is 0 Å². The maximum atomic E-state index is 6.41. The van der Waals surface area contributed by atoms with Crippen LogP contribution in [-0.4, -0.2) is 57.7 Å². The Balaban J connectivity index is 0.000000209. The van der Waals surface area contributed by atoms with E-state index in [1.807, 2.05) is 38.1 Å². The molecule has 4 aromatic rings. The zero-order chi connectivity index (χ0) is 24.3. The van der Waals surface area contributed by atoms with Crippen molar-refractivity contribution in [1.82, 2.24) is 24.8 Å². The molecule has 0 atom stereocenters. The van der Waals surface area contributed by atoms with E-state index in [1.165, 1.54) is 11.7 Å². The van der Waals surface area contributed by atoms with Crippen molar-refractivity contribution in [3.8, 4) is 0 Å². The molecule has 1 aromatic carbocycles. The molecule has 1 aliphatic rings. The zero-order valence-corrected chi connectivity index (χ0v) is 20.9. The molecular formula is C26H33ClN6O. The number of halogens is 1. The Morgan fingerprint density at radius 1 is 1.06 bits per heavy atom. The highest BCUT2D eigenvalue weighted by Crippen LogP contribution is 2.27. The maximum absolute atomic E-state index is 6.41. The summed E-state index contributed by atoms with van der Waals surface area (Å²) < 4.78 is 5.40. The number of nitrogens with zero attached hydrogens (tertiary/aromatic N) is 5. The number of ether oxygens (including phenoxy) is 1. The van der Waals surface area contributed by atoms with Gasteiger partial charge in [-0.15, -0.1) is 0 Å². The van der Waals surface area contributed by atoms with E-state index >= 15 is 0 Å². The third kappa shape index (κ3) is 6.59. The molecule has 1 saturated heterocycles. The highest BCUT2D eigenvalue weighted by Gasteiger charge is 2.13. The number of anilines is 1. The molecule has 0 unspecified atom stereocenters. The van der Waals surface area contributed by atoms with E-state index in [0.717, 1.165) is 73.0 Å². The quantitative estimate of drug-likeness (QED) is 0.441. The Hall–Kier alpha value is -2.87. The van der Waals surface area contributed by atoms with Gasteiger partial charge in [0.15, 0.2) is 5.82 Å². The van der Waals surface area contributed by atoms with Crippen molar-refractivity contribution in [2.75, 3.05) is 38.6 Å². The van der Waals surface area contributed by atoms with Gasteiger partial charge in [-0.1, -0.05) is 44.5 Å². The highest BCUT2D eigenvalue weighted by molar-refractivity contribution is 6.35. The Bertz CT molecular complexity index is 1190. The van der Waals surface area contributed by atoms with Gasteiger partial charge in [0.2, 0.25) is 0 Å². The lowest BCUT2D eigenvalue weighted by atomic mass is 10.1. The summed E-state index contributed by atoms with van der Waals surface area (Å²) in [5, 5.41) is 3.12. The third-order valence-corrected chi connectivity index (χ3v) is 5.80. The number of nitrogens with two attached hydrogens (primary N) is 1. The second-order valence-electron chi connectivity index (χ2n) is 7.59. The van der Waals surface area contributed by atoms with Crippen LogP contribution in [0.15, 0.2) is 48.9 Å². The lowest BCUT2D eigenvalue weighted by Gasteiger charge is -2.26. The Labute approximate surface area is 206 Å². The standard InChI is InChI=1S/C17H21ClN2O.C7H6N4.C2H6/c1-2-14-12-13-4-3-5-15(18)17(13)16(19-14)6-7-20-8-10-21-11-9-20;8-7-6-5(10-4-11-7)2-1-3-9-6;1-2/h3-5,12H,2,6-11H2,1H3;1-4H,(H2,8,10,11);1-2H3. The minimum absolute atomic E-state index is 0.426. The molecule has 0 saturated carbocycles. The second kappa shape index (κ2) is 13.1. The van der Waals surface area contributed by atoms with Crippen molar-refractivity contribution >= 4 is 39.2 Å². The van der Waals surface area contributed by atoms with Crippen LogP contribution in [0.2, 0.25) is 5.02 Å². The molecule has 180 valence electrons. The highest BCUT2D eigenvalue weighted by atomic mass is 35.5. The van der Waals surface area contributed by atoms with Gasteiger partial charge in [0.1, 0.15) is 11.8 Å². The molecule has 0 bridgehead atoms. The molecule has 0 aliphatic carbocycles. The average molecular weight is 481 g/mol. The van der Waals surface area contributed by atoms with Crippen LogP contribution in [-0.2, 0) is 17.6 Å². The molecule has 2 N–H and O–H groups in total. The summed E-state index contributed by atoms with van der Waals surface area (Å²) in [5.74, 6) is 0.426. The van der Waals surface area contributed by atoms with Gasteiger partial charge in [-0.3, -0.25) is 14.9 Å². The number of rotatable bonds is 4. The lowest BCUT2D eigenvalue weighted by molar-refractivity contribution is 0.0384. The third-order valence-electron chi connectivity index (χ3n) is 5.49. The van der Waals surface area contributed by atoms with E-state index in [2.05, 4.69) is 38.9 Å². The van der Waals surface area contributed by atoms with Crippen molar-refractivity contribution in [1.29, 1.82) is 0 Å². The predicted octanol–water partition coefficient (Wildman–Crippen LogP) is 4.96. The van der Waals surface area contributed by atoms with Gasteiger partial charge in [0.05, 0.1) is 29.4 Å². The minimum atomic E-state index is 0.426. The first kappa shape index (κ1) is 25.7. The van der Waals surface area contributed by atoms with E-state index in [0.29, 0.717) is 11.3 Å². The molecule has 0 radical (unpaired) electrons. The van der Waals surface area contributed by atoms with Crippen LogP contribution in [0.25, 0.3) is 21.8 Å². The molecule has 0 amide bonds. The van der Waals surface area contributed by atoms with Gasteiger partial charge in [0, 0.05) is 43.3 Å². The van der Waals surface area contributed by atoms with Gasteiger partial charge in [-0.25, -0.2) is 9.97 Å². The number of morpholine rings is 1. The predicted molar refractivity (Wildman–Crippen MR) is 140 cm³/mol. The normalized spacial score (nSPS) is 13.6. The van der Waals surface area contributed by atoms with Crippen LogP contribution >= 0.6 is 11.6 Å². The van der Waals surface area contributed by atoms with E-state index in [1.54, 1.807) is 6.20 Å².